The highest BCUT2D eigenvalue weighted by Crippen LogP contribution is 2.40. The molecule has 0 aliphatic carbocycles. The van der Waals surface area contributed by atoms with E-state index in [2.05, 4.69) is 54.8 Å². The Balaban J connectivity index is 1.12. The molecule has 3 aliphatic heterocycles. The van der Waals surface area contributed by atoms with Crippen molar-refractivity contribution in [2.45, 2.75) is 39.3 Å². The first kappa shape index (κ1) is 25.5. The number of fused-ring (bicyclic) bond motifs is 2. The zero-order valence-corrected chi connectivity index (χ0v) is 22.7. The van der Waals surface area contributed by atoms with E-state index in [0.29, 0.717) is 23.4 Å². The molecular weight excluding hydrogens is 492 g/mol. The fourth-order valence-electron chi connectivity index (χ4n) is 5.31. The van der Waals surface area contributed by atoms with Gasteiger partial charge >= 0.3 is 0 Å². The maximum atomic E-state index is 13.2. The second-order valence-electron chi connectivity index (χ2n) is 11.5. The summed E-state index contributed by atoms with van der Waals surface area (Å²) in [6.45, 7) is 11.7. The first-order chi connectivity index (χ1) is 18.7. The lowest BCUT2D eigenvalue weighted by molar-refractivity contribution is 0.101. The van der Waals surface area contributed by atoms with Crippen molar-refractivity contribution in [2.75, 3.05) is 33.0 Å². The molecule has 7 nitrogen and oxygen atoms in total. The molecule has 0 spiro atoms. The Bertz CT molecular complexity index is 1430. The predicted molar refractivity (Wildman–Crippen MR) is 149 cm³/mol. The molecule has 3 aromatic rings. The highest BCUT2D eigenvalue weighted by Gasteiger charge is 2.32. The number of phenols is 1. The standard InChI is InChI=1S/C32H34N2O5/c1-32(2,3)23-7-4-21(5-8-23)16-29-30(36)24-9-10-26(35)25(31(24)39-29)19-34-14-12-33(13-15-34)18-22-6-11-27-28(17-22)38-20-37-27/h4-11,16-17,35H,12-15,18-20H2,1-3H3/b29-16-. The number of aromatic hydroxyl groups is 1. The Labute approximate surface area is 229 Å². The molecule has 1 fully saturated rings. The number of piperazine rings is 1. The van der Waals surface area contributed by atoms with Crippen LogP contribution in [-0.2, 0) is 18.5 Å². The summed E-state index contributed by atoms with van der Waals surface area (Å²) < 4.78 is 17.0. The summed E-state index contributed by atoms with van der Waals surface area (Å²) in [4.78, 5) is 17.9. The van der Waals surface area contributed by atoms with Gasteiger partial charge in [-0.2, -0.15) is 0 Å². The highest BCUT2D eigenvalue weighted by atomic mass is 16.7. The van der Waals surface area contributed by atoms with Crippen molar-refractivity contribution in [1.29, 1.82) is 0 Å². The summed E-state index contributed by atoms with van der Waals surface area (Å²) in [5.41, 5.74) is 4.56. The van der Waals surface area contributed by atoms with Crippen LogP contribution in [0.4, 0.5) is 0 Å². The number of carbonyl (C=O) groups excluding carboxylic acids is 1. The van der Waals surface area contributed by atoms with E-state index in [4.69, 9.17) is 14.2 Å². The first-order valence-corrected chi connectivity index (χ1v) is 13.5. The van der Waals surface area contributed by atoms with Gasteiger partial charge < -0.3 is 19.3 Å². The minimum atomic E-state index is -0.153. The van der Waals surface area contributed by atoms with Crippen molar-refractivity contribution >= 4 is 11.9 Å². The zero-order valence-electron chi connectivity index (χ0n) is 22.7. The van der Waals surface area contributed by atoms with Gasteiger partial charge in [-0.15, -0.1) is 0 Å². The Kier molecular flexibility index (Phi) is 6.57. The summed E-state index contributed by atoms with van der Waals surface area (Å²) in [5, 5.41) is 10.7. The summed E-state index contributed by atoms with van der Waals surface area (Å²) in [7, 11) is 0. The molecule has 0 saturated carbocycles. The predicted octanol–water partition coefficient (Wildman–Crippen LogP) is 5.35. The molecule has 3 heterocycles. The second-order valence-corrected chi connectivity index (χ2v) is 11.5. The summed E-state index contributed by atoms with van der Waals surface area (Å²) >= 11 is 0. The second kappa shape index (κ2) is 10.1. The van der Waals surface area contributed by atoms with Crippen LogP contribution >= 0.6 is 0 Å². The normalized spacial score (nSPS) is 18.4. The number of Topliss-reactive ketones (excluding diaryl/α,β-unsaturated/α-hetero) is 1. The van der Waals surface area contributed by atoms with Crippen LogP contribution < -0.4 is 14.2 Å². The Hall–Kier alpha value is -3.81. The van der Waals surface area contributed by atoms with Crippen molar-refractivity contribution < 1.29 is 24.1 Å². The molecule has 39 heavy (non-hydrogen) atoms. The van der Waals surface area contributed by atoms with Gasteiger partial charge in [-0.3, -0.25) is 14.6 Å². The number of ketones is 1. The number of hydrogen-bond acceptors (Lipinski definition) is 7. The SMILES string of the molecule is CC(C)(C)c1ccc(/C=C2\Oc3c(ccc(O)c3CN3CCN(Cc4ccc5c(c4)OCO5)CC3)C2=O)cc1. The molecule has 3 aliphatic rings. The lowest BCUT2D eigenvalue weighted by atomic mass is 9.86. The lowest BCUT2D eigenvalue weighted by Crippen LogP contribution is -2.45. The highest BCUT2D eigenvalue weighted by molar-refractivity contribution is 6.15. The molecule has 0 unspecified atom stereocenters. The Morgan fingerprint density at radius 1 is 0.872 bits per heavy atom. The van der Waals surface area contributed by atoms with Crippen LogP contribution in [0.25, 0.3) is 6.08 Å². The molecule has 6 rings (SSSR count). The van der Waals surface area contributed by atoms with E-state index in [-0.39, 0.29) is 29.5 Å². The molecule has 3 aromatic carbocycles. The summed E-state index contributed by atoms with van der Waals surface area (Å²) in [5.74, 6) is 2.37. The van der Waals surface area contributed by atoms with Gasteiger partial charge in [0.2, 0.25) is 12.6 Å². The zero-order chi connectivity index (χ0) is 27.1. The van der Waals surface area contributed by atoms with Crippen LogP contribution in [0, 0.1) is 0 Å². The van der Waals surface area contributed by atoms with Gasteiger partial charge in [-0.05, 0) is 52.4 Å². The van der Waals surface area contributed by atoms with Gasteiger partial charge in [0.1, 0.15) is 11.5 Å². The Morgan fingerprint density at radius 2 is 1.56 bits per heavy atom. The van der Waals surface area contributed by atoms with Crippen LogP contribution in [0.2, 0.25) is 0 Å². The number of phenolic OH excluding ortho intramolecular Hbond substituents is 1. The van der Waals surface area contributed by atoms with Crippen LogP contribution in [0.1, 0.15) is 53.4 Å². The van der Waals surface area contributed by atoms with Crippen molar-refractivity contribution in [3.63, 3.8) is 0 Å². The average Bonchev–Trinajstić information content (AvgIpc) is 3.51. The summed E-state index contributed by atoms with van der Waals surface area (Å²) in [6, 6.07) is 17.6. The van der Waals surface area contributed by atoms with Gasteiger partial charge in [-0.25, -0.2) is 0 Å². The Morgan fingerprint density at radius 3 is 2.28 bits per heavy atom. The number of rotatable bonds is 5. The molecule has 0 atom stereocenters. The third-order valence-electron chi connectivity index (χ3n) is 7.68. The van der Waals surface area contributed by atoms with Gasteiger partial charge in [0.15, 0.2) is 17.3 Å². The van der Waals surface area contributed by atoms with Gasteiger partial charge in [0.05, 0.1) is 11.1 Å². The molecule has 1 saturated heterocycles. The van der Waals surface area contributed by atoms with Gasteiger partial charge in [0, 0.05) is 39.3 Å². The molecule has 0 amide bonds. The van der Waals surface area contributed by atoms with Crippen LogP contribution in [0.5, 0.6) is 23.0 Å². The number of nitrogens with zero attached hydrogens (tertiary/aromatic N) is 2. The molecular formula is C32H34N2O5. The minimum absolute atomic E-state index is 0.0609. The smallest absolute Gasteiger partial charge is 0.231 e. The number of hydrogen-bond donors (Lipinski definition) is 1. The van der Waals surface area contributed by atoms with E-state index in [9.17, 15) is 9.90 Å². The number of benzene rings is 3. The van der Waals surface area contributed by atoms with E-state index in [0.717, 1.165) is 49.8 Å². The first-order valence-electron chi connectivity index (χ1n) is 13.5. The number of allylic oxidation sites excluding steroid dienone is 1. The van der Waals surface area contributed by atoms with E-state index in [1.807, 2.05) is 18.2 Å². The number of carbonyl (C=O) groups is 1. The maximum Gasteiger partial charge on any atom is 0.231 e. The van der Waals surface area contributed by atoms with E-state index < -0.39 is 0 Å². The third-order valence-corrected chi connectivity index (χ3v) is 7.68. The molecule has 1 N–H and O–H groups in total. The quantitative estimate of drug-likeness (QED) is 0.449. The van der Waals surface area contributed by atoms with E-state index >= 15 is 0 Å². The van der Waals surface area contributed by atoms with Crippen LogP contribution in [0.15, 0.2) is 60.4 Å². The van der Waals surface area contributed by atoms with Gasteiger partial charge in [-0.1, -0.05) is 51.1 Å². The van der Waals surface area contributed by atoms with Crippen molar-refractivity contribution in [3.8, 4) is 23.0 Å². The lowest BCUT2D eigenvalue weighted by Gasteiger charge is -2.35. The van der Waals surface area contributed by atoms with Crippen molar-refractivity contribution in [3.05, 3.63) is 88.2 Å². The van der Waals surface area contributed by atoms with Crippen molar-refractivity contribution in [2.24, 2.45) is 0 Å². The monoisotopic (exact) mass is 526 g/mol. The summed E-state index contributed by atoms with van der Waals surface area (Å²) in [6.07, 6.45) is 1.78. The molecule has 0 radical (unpaired) electrons. The maximum absolute atomic E-state index is 13.2. The minimum Gasteiger partial charge on any atom is -0.507 e. The third kappa shape index (κ3) is 5.24. The molecule has 0 bridgehead atoms. The number of ether oxygens (including phenoxy) is 3. The molecule has 202 valence electrons. The van der Waals surface area contributed by atoms with Crippen LogP contribution in [0.3, 0.4) is 0 Å². The van der Waals surface area contributed by atoms with Crippen molar-refractivity contribution in [1.82, 2.24) is 9.80 Å². The van der Waals surface area contributed by atoms with E-state index in [1.165, 1.54) is 11.1 Å². The fourth-order valence-corrected chi connectivity index (χ4v) is 5.31. The van der Waals surface area contributed by atoms with Gasteiger partial charge in [0.25, 0.3) is 0 Å². The van der Waals surface area contributed by atoms with Crippen LogP contribution in [-0.4, -0.2) is 53.7 Å². The fraction of sp³-hybridized carbons (Fsp3) is 0.344. The average molecular weight is 527 g/mol. The largest absolute Gasteiger partial charge is 0.507 e. The molecule has 0 aromatic heterocycles. The molecule has 7 heteroatoms. The van der Waals surface area contributed by atoms with E-state index in [1.54, 1.807) is 18.2 Å². The topological polar surface area (TPSA) is 71.5 Å².